The van der Waals surface area contributed by atoms with Crippen LogP contribution in [0, 0.1) is 5.92 Å². The van der Waals surface area contributed by atoms with E-state index < -0.39 is 0 Å². The van der Waals surface area contributed by atoms with E-state index in [0.29, 0.717) is 5.92 Å². The highest BCUT2D eigenvalue weighted by molar-refractivity contribution is 4.95. The summed E-state index contributed by atoms with van der Waals surface area (Å²) in [7, 11) is 3.97. The molecule has 94 valence electrons. The monoisotopic (exact) mass is 227 g/mol. The van der Waals surface area contributed by atoms with Crippen LogP contribution in [0.1, 0.15) is 38.5 Å². The van der Waals surface area contributed by atoms with Crippen molar-refractivity contribution in [3.8, 4) is 0 Å². The molecule has 0 aromatic heterocycles. The standard InChI is InChI=1S/C13H25NO2/c1-14-11-5-6-12(14)9-10(8-11)13(15)4-3-7-16-2/h10-13,15H,3-9H2,1-2H3. The Balaban J connectivity index is 1.78. The van der Waals surface area contributed by atoms with Crippen LogP contribution >= 0.6 is 0 Å². The van der Waals surface area contributed by atoms with Gasteiger partial charge in [-0.05, 0) is 51.5 Å². The third-order valence-corrected chi connectivity index (χ3v) is 4.53. The highest BCUT2D eigenvalue weighted by Crippen LogP contribution is 2.39. The van der Waals surface area contributed by atoms with Crippen molar-refractivity contribution in [1.82, 2.24) is 4.90 Å². The van der Waals surface area contributed by atoms with E-state index in [1.54, 1.807) is 7.11 Å². The lowest BCUT2D eigenvalue weighted by molar-refractivity contribution is 0.0268. The van der Waals surface area contributed by atoms with Crippen molar-refractivity contribution in [1.29, 1.82) is 0 Å². The molecule has 16 heavy (non-hydrogen) atoms. The fourth-order valence-corrected chi connectivity index (χ4v) is 3.44. The first-order valence-corrected chi connectivity index (χ1v) is 6.61. The number of aliphatic hydroxyl groups excluding tert-OH is 1. The van der Waals surface area contributed by atoms with E-state index in [2.05, 4.69) is 11.9 Å². The van der Waals surface area contributed by atoms with Gasteiger partial charge in [0, 0.05) is 25.8 Å². The molecule has 0 aromatic carbocycles. The number of rotatable bonds is 5. The summed E-state index contributed by atoms with van der Waals surface area (Å²) in [6, 6.07) is 1.47. The average Bonchev–Trinajstić information content (AvgIpc) is 2.53. The Morgan fingerprint density at radius 1 is 1.31 bits per heavy atom. The Kier molecular flexibility index (Phi) is 4.22. The van der Waals surface area contributed by atoms with E-state index >= 15 is 0 Å². The van der Waals surface area contributed by atoms with Gasteiger partial charge in [-0.15, -0.1) is 0 Å². The van der Waals surface area contributed by atoms with Crippen LogP contribution < -0.4 is 0 Å². The normalized spacial score (nSPS) is 36.6. The summed E-state index contributed by atoms with van der Waals surface area (Å²) >= 11 is 0. The van der Waals surface area contributed by atoms with E-state index in [9.17, 15) is 5.11 Å². The minimum atomic E-state index is -0.105. The molecule has 2 heterocycles. The first-order valence-electron chi connectivity index (χ1n) is 6.61. The predicted molar refractivity (Wildman–Crippen MR) is 64.4 cm³/mol. The lowest BCUT2D eigenvalue weighted by atomic mass is 9.85. The van der Waals surface area contributed by atoms with Crippen LogP contribution in [0.4, 0.5) is 0 Å². The second-order valence-corrected chi connectivity index (χ2v) is 5.48. The predicted octanol–water partition coefficient (Wildman–Crippen LogP) is 1.65. The maximum Gasteiger partial charge on any atom is 0.0570 e. The molecular formula is C13H25NO2. The molecule has 3 atom stereocenters. The van der Waals surface area contributed by atoms with Crippen LogP contribution in [0.3, 0.4) is 0 Å². The zero-order chi connectivity index (χ0) is 11.5. The van der Waals surface area contributed by atoms with Crippen molar-refractivity contribution in [2.24, 2.45) is 5.92 Å². The highest BCUT2D eigenvalue weighted by Gasteiger charge is 2.40. The van der Waals surface area contributed by atoms with Gasteiger partial charge < -0.3 is 14.7 Å². The fourth-order valence-electron chi connectivity index (χ4n) is 3.44. The SMILES string of the molecule is COCCCC(O)C1CC2CCC(C1)N2C. The summed E-state index contributed by atoms with van der Waals surface area (Å²) in [6.45, 7) is 0.774. The van der Waals surface area contributed by atoms with Crippen molar-refractivity contribution in [2.45, 2.75) is 56.7 Å². The topological polar surface area (TPSA) is 32.7 Å². The smallest absolute Gasteiger partial charge is 0.0570 e. The minimum absolute atomic E-state index is 0.105. The molecule has 0 saturated carbocycles. The second kappa shape index (κ2) is 5.48. The number of hydrogen-bond acceptors (Lipinski definition) is 3. The maximum atomic E-state index is 10.2. The maximum absolute atomic E-state index is 10.2. The van der Waals surface area contributed by atoms with E-state index in [-0.39, 0.29) is 6.10 Å². The molecule has 3 unspecified atom stereocenters. The van der Waals surface area contributed by atoms with Gasteiger partial charge in [-0.25, -0.2) is 0 Å². The molecule has 2 rings (SSSR count). The number of aliphatic hydroxyl groups is 1. The largest absolute Gasteiger partial charge is 0.393 e. The van der Waals surface area contributed by atoms with Gasteiger partial charge in [-0.2, -0.15) is 0 Å². The lowest BCUT2D eigenvalue weighted by Gasteiger charge is -2.38. The Morgan fingerprint density at radius 2 is 1.94 bits per heavy atom. The molecule has 0 radical (unpaired) electrons. The molecule has 0 aliphatic carbocycles. The van der Waals surface area contributed by atoms with Crippen LogP contribution in [0.25, 0.3) is 0 Å². The van der Waals surface area contributed by atoms with E-state index in [1.165, 1.54) is 25.7 Å². The Bertz CT molecular complexity index is 208. The number of hydrogen-bond donors (Lipinski definition) is 1. The number of ether oxygens (including phenoxy) is 1. The Hall–Kier alpha value is -0.120. The highest BCUT2D eigenvalue weighted by atomic mass is 16.5. The van der Waals surface area contributed by atoms with E-state index in [4.69, 9.17) is 4.74 Å². The molecule has 0 aromatic rings. The van der Waals surface area contributed by atoms with E-state index in [0.717, 1.165) is 31.5 Å². The van der Waals surface area contributed by atoms with Gasteiger partial charge >= 0.3 is 0 Å². The van der Waals surface area contributed by atoms with Gasteiger partial charge in [0.15, 0.2) is 0 Å². The van der Waals surface area contributed by atoms with Crippen molar-refractivity contribution in [3.05, 3.63) is 0 Å². The third kappa shape index (κ3) is 2.58. The number of nitrogens with zero attached hydrogens (tertiary/aromatic N) is 1. The summed E-state index contributed by atoms with van der Waals surface area (Å²) in [5.74, 6) is 0.533. The van der Waals surface area contributed by atoms with Crippen molar-refractivity contribution in [3.63, 3.8) is 0 Å². The van der Waals surface area contributed by atoms with Gasteiger partial charge in [0.1, 0.15) is 0 Å². The summed E-state index contributed by atoms with van der Waals surface area (Å²) in [6.07, 6.45) is 6.85. The molecule has 2 fully saturated rings. The number of methoxy groups -OCH3 is 1. The second-order valence-electron chi connectivity index (χ2n) is 5.48. The molecule has 3 nitrogen and oxygen atoms in total. The molecule has 0 spiro atoms. The first-order chi connectivity index (χ1) is 7.72. The molecule has 2 aliphatic rings. The molecular weight excluding hydrogens is 202 g/mol. The van der Waals surface area contributed by atoms with Crippen LogP contribution in [-0.2, 0) is 4.74 Å². The molecule has 2 aliphatic heterocycles. The van der Waals surface area contributed by atoms with Gasteiger partial charge in [0.2, 0.25) is 0 Å². The molecule has 3 heteroatoms. The average molecular weight is 227 g/mol. The van der Waals surface area contributed by atoms with Gasteiger partial charge in [-0.1, -0.05) is 0 Å². The summed E-state index contributed by atoms with van der Waals surface area (Å²) < 4.78 is 5.03. The van der Waals surface area contributed by atoms with E-state index in [1.807, 2.05) is 0 Å². The number of fused-ring (bicyclic) bond motifs is 2. The van der Waals surface area contributed by atoms with Crippen LogP contribution in [0.5, 0.6) is 0 Å². The van der Waals surface area contributed by atoms with Crippen molar-refractivity contribution in [2.75, 3.05) is 20.8 Å². The molecule has 2 bridgehead atoms. The zero-order valence-corrected chi connectivity index (χ0v) is 10.6. The van der Waals surface area contributed by atoms with Crippen LogP contribution in [0.2, 0.25) is 0 Å². The molecule has 0 amide bonds. The minimum Gasteiger partial charge on any atom is -0.393 e. The fraction of sp³-hybridized carbons (Fsp3) is 1.00. The summed E-state index contributed by atoms with van der Waals surface area (Å²) in [5, 5.41) is 10.2. The Labute approximate surface area is 98.8 Å². The van der Waals surface area contributed by atoms with Crippen molar-refractivity contribution < 1.29 is 9.84 Å². The van der Waals surface area contributed by atoms with Gasteiger partial charge in [0.05, 0.1) is 6.10 Å². The lowest BCUT2D eigenvalue weighted by Crippen LogP contribution is -2.43. The molecule has 1 N–H and O–H groups in total. The van der Waals surface area contributed by atoms with Gasteiger partial charge in [0.25, 0.3) is 0 Å². The summed E-state index contributed by atoms with van der Waals surface area (Å²) in [4.78, 5) is 2.53. The Morgan fingerprint density at radius 3 is 2.50 bits per heavy atom. The first kappa shape index (κ1) is 12.3. The van der Waals surface area contributed by atoms with Crippen molar-refractivity contribution >= 4 is 0 Å². The zero-order valence-electron chi connectivity index (χ0n) is 10.6. The van der Waals surface area contributed by atoms with Gasteiger partial charge in [-0.3, -0.25) is 0 Å². The molecule has 2 saturated heterocycles. The summed E-state index contributed by atoms with van der Waals surface area (Å²) in [5.41, 5.74) is 0. The third-order valence-electron chi connectivity index (χ3n) is 4.53. The number of piperidine rings is 1. The van der Waals surface area contributed by atoms with Crippen LogP contribution in [-0.4, -0.2) is 49.0 Å². The quantitative estimate of drug-likeness (QED) is 0.725. The van der Waals surface area contributed by atoms with Crippen LogP contribution in [0.15, 0.2) is 0 Å².